The van der Waals surface area contributed by atoms with Crippen molar-refractivity contribution in [3.8, 4) is 0 Å². The summed E-state index contributed by atoms with van der Waals surface area (Å²) in [7, 11) is 0. The minimum atomic E-state index is -0.933. The third kappa shape index (κ3) is 3.96. The molecule has 0 saturated heterocycles. The second-order valence-corrected chi connectivity index (χ2v) is 5.27. The number of hydrogen-bond acceptors (Lipinski definition) is 3. The van der Waals surface area contributed by atoms with Crippen LogP contribution in [-0.4, -0.2) is 22.6 Å². The molecular formula is C16H14O3S. The number of ketones is 1. The van der Waals surface area contributed by atoms with Crippen LogP contribution in [0.5, 0.6) is 0 Å². The van der Waals surface area contributed by atoms with E-state index in [4.69, 9.17) is 5.11 Å². The molecule has 102 valence electrons. The average molecular weight is 286 g/mol. The van der Waals surface area contributed by atoms with Crippen molar-refractivity contribution in [1.82, 2.24) is 0 Å². The van der Waals surface area contributed by atoms with Gasteiger partial charge in [-0.2, -0.15) is 0 Å². The molecule has 0 aliphatic carbocycles. The predicted molar refractivity (Wildman–Crippen MR) is 80.3 cm³/mol. The molecule has 0 spiro atoms. The number of thioether (sulfide) groups is 1. The number of carboxylic acids is 1. The number of carbonyl (C=O) groups is 2. The van der Waals surface area contributed by atoms with Crippen molar-refractivity contribution >= 4 is 23.5 Å². The van der Waals surface area contributed by atoms with Crippen molar-refractivity contribution < 1.29 is 14.7 Å². The lowest BCUT2D eigenvalue weighted by Gasteiger charge is -2.03. The van der Waals surface area contributed by atoms with E-state index in [1.165, 1.54) is 11.8 Å². The molecule has 2 rings (SSSR count). The van der Waals surface area contributed by atoms with E-state index in [0.717, 1.165) is 5.56 Å². The first-order valence-corrected chi connectivity index (χ1v) is 7.30. The predicted octanol–water partition coefficient (Wildman–Crippen LogP) is 3.50. The van der Waals surface area contributed by atoms with Gasteiger partial charge in [0.25, 0.3) is 0 Å². The maximum Gasteiger partial charge on any atom is 0.335 e. The Bertz CT molecular complexity index is 608. The fourth-order valence-corrected chi connectivity index (χ4v) is 2.63. The summed E-state index contributed by atoms with van der Waals surface area (Å²) >= 11 is 1.49. The molecule has 0 aliphatic heterocycles. The fourth-order valence-electron chi connectivity index (χ4n) is 1.76. The minimum Gasteiger partial charge on any atom is -0.478 e. The number of carboxylic acid groups (broad SMARTS) is 1. The van der Waals surface area contributed by atoms with E-state index < -0.39 is 5.97 Å². The van der Waals surface area contributed by atoms with Crippen LogP contribution in [0.4, 0.5) is 0 Å². The zero-order chi connectivity index (χ0) is 14.4. The molecule has 0 saturated carbocycles. The van der Waals surface area contributed by atoms with E-state index in [2.05, 4.69) is 0 Å². The molecule has 4 heteroatoms. The highest BCUT2D eigenvalue weighted by Gasteiger charge is 2.06. The first kappa shape index (κ1) is 14.3. The summed E-state index contributed by atoms with van der Waals surface area (Å²) in [6.07, 6.45) is 0. The Morgan fingerprint density at radius 1 is 0.950 bits per heavy atom. The van der Waals surface area contributed by atoms with Crippen molar-refractivity contribution in [3.63, 3.8) is 0 Å². The van der Waals surface area contributed by atoms with Gasteiger partial charge in [-0.15, -0.1) is 11.8 Å². The minimum absolute atomic E-state index is 0.0880. The monoisotopic (exact) mass is 286 g/mol. The Hall–Kier alpha value is -2.07. The smallest absolute Gasteiger partial charge is 0.335 e. The van der Waals surface area contributed by atoms with Crippen molar-refractivity contribution in [2.24, 2.45) is 0 Å². The molecule has 1 N–H and O–H groups in total. The first-order chi connectivity index (χ1) is 9.66. The van der Waals surface area contributed by atoms with Gasteiger partial charge in [0.15, 0.2) is 5.78 Å². The summed E-state index contributed by atoms with van der Waals surface area (Å²) in [6.45, 7) is 0. The lowest BCUT2D eigenvalue weighted by atomic mass is 10.1. The van der Waals surface area contributed by atoms with Gasteiger partial charge in [-0.25, -0.2) is 4.79 Å². The van der Waals surface area contributed by atoms with Gasteiger partial charge in [0.05, 0.1) is 11.3 Å². The zero-order valence-electron chi connectivity index (χ0n) is 10.8. The SMILES string of the molecule is O=C(O)c1cccc(CSCC(=O)c2ccccc2)c1. The molecule has 2 aromatic carbocycles. The van der Waals surface area contributed by atoms with Gasteiger partial charge in [0.1, 0.15) is 0 Å². The van der Waals surface area contributed by atoms with Crippen LogP contribution < -0.4 is 0 Å². The number of aromatic carboxylic acids is 1. The molecule has 0 heterocycles. The maximum absolute atomic E-state index is 11.9. The first-order valence-electron chi connectivity index (χ1n) is 6.15. The Kier molecular flexibility index (Phi) is 4.96. The normalized spacial score (nSPS) is 10.2. The Morgan fingerprint density at radius 2 is 1.65 bits per heavy atom. The molecule has 0 unspecified atom stereocenters. The quantitative estimate of drug-likeness (QED) is 0.826. The van der Waals surface area contributed by atoms with Crippen molar-refractivity contribution in [3.05, 3.63) is 71.3 Å². The summed E-state index contributed by atoms with van der Waals surface area (Å²) < 4.78 is 0. The van der Waals surface area contributed by atoms with E-state index in [0.29, 0.717) is 17.1 Å². The number of hydrogen-bond donors (Lipinski definition) is 1. The Labute approximate surface area is 121 Å². The van der Waals surface area contributed by atoms with Gasteiger partial charge in [0, 0.05) is 11.3 Å². The van der Waals surface area contributed by atoms with Crippen molar-refractivity contribution in [2.75, 3.05) is 5.75 Å². The summed E-state index contributed by atoms with van der Waals surface area (Å²) in [5, 5.41) is 8.91. The van der Waals surface area contributed by atoms with Gasteiger partial charge in [-0.1, -0.05) is 42.5 Å². The van der Waals surface area contributed by atoms with Crippen molar-refractivity contribution in [1.29, 1.82) is 0 Å². The molecule has 0 aliphatic rings. The summed E-state index contributed by atoms with van der Waals surface area (Å²) in [5.74, 6) is 0.170. The molecule has 0 amide bonds. The molecule has 3 nitrogen and oxygen atoms in total. The van der Waals surface area contributed by atoms with E-state index >= 15 is 0 Å². The number of rotatable bonds is 6. The maximum atomic E-state index is 11.9. The molecular weight excluding hydrogens is 272 g/mol. The fraction of sp³-hybridized carbons (Fsp3) is 0.125. The Morgan fingerprint density at radius 3 is 2.35 bits per heavy atom. The Balaban J connectivity index is 1.89. The molecule has 0 aromatic heterocycles. The van der Waals surface area contributed by atoms with Crippen LogP contribution in [0.25, 0.3) is 0 Å². The highest BCUT2D eigenvalue weighted by Crippen LogP contribution is 2.15. The van der Waals surface area contributed by atoms with Gasteiger partial charge in [-0.05, 0) is 17.7 Å². The number of benzene rings is 2. The van der Waals surface area contributed by atoms with Crippen LogP contribution in [0, 0.1) is 0 Å². The molecule has 0 fully saturated rings. The largest absolute Gasteiger partial charge is 0.478 e. The van der Waals surface area contributed by atoms with Crippen LogP contribution in [0.3, 0.4) is 0 Å². The third-order valence-electron chi connectivity index (χ3n) is 2.77. The van der Waals surface area contributed by atoms with E-state index in [1.54, 1.807) is 30.3 Å². The number of Topliss-reactive ketones (excluding diaryl/α,β-unsaturated/α-hetero) is 1. The summed E-state index contributed by atoms with van der Waals surface area (Å²) in [5.41, 5.74) is 1.90. The van der Waals surface area contributed by atoms with Gasteiger partial charge in [0.2, 0.25) is 0 Å². The van der Waals surface area contributed by atoms with E-state index in [1.807, 2.05) is 24.3 Å². The second-order valence-electron chi connectivity index (χ2n) is 4.29. The van der Waals surface area contributed by atoms with Crippen LogP contribution in [0.15, 0.2) is 54.6 Å². The topological polar surface area (TPSA) is 54.4 Å². The molecule has 2 aromatic rings. The van der Waals surface area contributed by atoms with Crippen LogP contribution in [0.1, 0.15) is 26.3 Å². The number of carbonyl (C=O) groups excluding carboxylic acids is 1. The molecule has 0 atom stereocenters. The van der Waals surface area contributed by atoms with Gasteiger partial charge in [-0.3, -0.25) is 4.79 Å². The zero-order valence-corrected chi connectivity index (χ0v) is 11.6. The molecule has 20 heavy (non-hydrogen) atoms. The highest BCUT2D eigenvalue weighted by atomic mass is 32.2. The van der Waals surface area contributed by atoms with E-state index in [9.17, 15) is 9.59 Å². The van der Waals surface area contributed by atoms with Crippen molar-refractivity contribution in [2.45, 2.75) is 5.75 Å². The van der Waals surface area contributed by atoms with Crippen LogP contribution in [0.2, 0.25) is 0 Å². The molecule has 0 radical (unpaired) electrons. The standard InChI is InChI=1S/C16H14O3S/c17-15(13-6-2-1-3-7-13)11-20-10-12-5-4-8-14(9-12)16(18)19/h1-9H,10-11H2,(H,18,19). The summed E-state index contributed by atoms with van der Waals surface area (Å²) in [4.78, 5) is 22.8. The third-order valence-corrected chi connectivity index (χ3v) is 3.78. The average Bonchev–Trinajstić information content (AvgIpc) is 2.48. The summed E-state index contributed by atoms with van der Waals surface area (Å²) in [6, 6.07) is 15.9. The second kappa shape index (κ2) is 6.91. The van der Waals surface area contributed by atoms with E-state index in [-0.39, 0.29) is 11.3 Å². The lowest BCUT2D eigenvalue weighted by molar-refractivity contribution is 0.0696. The molecule has 0 bridgehead atoms. The lowest BCUT2D eigenvalue weighted by Crippen LogP contribution is -2.02. The highest BCUT2D eigenvalue weighted by molar-refractivity contribution is 7.99. The van der Waals surface area contributed by atoms with Gasteiger partial charge >= 0.3 is 5.97 Å². The van der Waals surface area contributed by atoms with Crippen LogP contribution in [-0.2, 0) is 5.75 Å². The van der Waals surface area contributed by atoms with Gasteiger partial charge < -0.3 is 5.11 Å². The van der Waals surface area contributed by atoms with Crippen LogP contribution >= 0.6 is 11.8 Å².